The molecule has 3 fully saturated rings. The third-order valence-electron chi connectivity index (χ3n) is 9.84. The van der Waals surface area contributed by atoms with E-state index in [4.69, 9.17) is 9.84 Å². The van der Waals surface area contributed by atoms with Crippen molar-refractivity contribution in [2.75, 3.05) is 19.6 Å². The van der Waals surface area contributed by atoms with Crippen LogP contribution in [0.3, 0.4) is 0 Å². The number of piperidine rings is 1. The van der Waals surface area contributed by atoms with Gasteiger partial charge in [0.15, 0.2) is 0 Å². The standard InChI is InChI=1S/C34H45N3O6.ClH/c1-3-4-20-37-31(39)29(30(38)25-8-6-5-7-9-25)35-33(42)34(37)18-21-36(22-19-34)23(2)24-10-14-27(15-11-24)43-28-16-12-26(13-17-28)32(40)41;/h10-17,23,25,29-30,38H,3-9,18-22H2,1-2H3,(H,35,42)(H,40,41);1H/t23-,29-,30-;/m1./s1. The number of ether oxygens (including phenoxy) is 1. The molecule has 5 rings (SSSR count). The fraction of sp³-hybridized carbons (Fsp3) is 0.559. The Bertz CT molecular complexity index is 1270. The van der Waals surface area contributed by atoms with E-state index in [-0.39, 0.29) is 41.7 Å². The van der Waals surface area contributed by atoms with Gasteiger partial charge in [0, 0.05) is 25.7 Å². The van der Waals surface area contributed by atoms with E-state index in [2.05, 4.69) is 24.1 Å². The number of nitrogens with zero attached hydrogens (tertiary/aromatic N) is 2. The number of benzene rings is 2. The van der Waals surface area contributed by atoms with Crippen LogP contribution < -0.4 is 10.1 Å². The maximum atomic E-state index is 13.9. The van der Waals surface area contributed by atoms with Crippen molar-refractivity contribution in [2.24, 2.45) is 5.92 Å². The number of unbranched alkanes of at least 4 members (excludes halogenated alkanes) is 1. The smallest absolute Gasteiger partial charge is 0.335 e. The van der Waals surface area contributed by atoms with E-state index in [1.165, 1.54) is 12.1 Å². The number of hydrogen-bond acceptors (Lipinski definition) is 6. The van der Waals surface area contributed by atoms with E-state index in [0.717, 1.165) is 50.5 Å². The number of hydrogen-bond donors (Lipinski definition) is 3. The quantitative estimate of drug-likeness (QED) is 0.315. The predicted molar refractivity (Wildman–Crippen MR) is 170 cm³/mol. The number of halogens is 1. The number of carbonyl (C=O) groups is 3. The summed E-state index contributed by atoms with van der Waals surface area (Å²) in [5.41, 5.74) is 0.450. The Morgan fingerprint density at radius 3 is 2.16 bits per heavy atom. The molecule has 0 bridgehead atoms. The summed E-state index contributed by atoms with van der Waals surface area (Å²) >= 11 is 0. The minimum atomic E-state index is -0.976. The Kier molecular flexibility index (Phi) is 11.3. The van der Waals surface area contributed by atoms with Gasteiger partial charge in [-0.3, -0.25) is 14.5 Å². The Balaban J connectivity index is 0.00000442. The number of carboxylic acids is 1. The van der Waals surface area contributed by atoms with Crippen molar-refractivity contribution in [2.45, 2.75) is 95.4 Å². The Labute approximate surface area is 266 Å². The first-order valence-electron chi connectivity index (χ1n) is 15.9. The molecule has 240 valence electrons. The molecule has 3 atom stereocenters. The SMILES string of the molecule is CCCCN1C(=O)[C@@H]([C@H](O)C2CCCCC2)NC(=O)C12CCN([C@H](C)c1ccc(Oc3ccc(C(=O)O)cc3)cc1)CC2.Cl. The molecule has 2 aromatic rings. The molecule has 2 aliphatic heterocycles. The lowest BCUT2D eigenvalue weighted by Crippen LogP contribution is -2.75. The van der Waals surface area contributed by atoms with E-state index in [9.17, 15) is 19.5 Å². The van der Waals surface area contributed by atoms with Crippen LogP contribution >= 0.6 is 12.4 Å². The summed E-state index contributed by atoms with van der Waals surface area (Å²) in [6.07, 6.45) is 7.11. The van der Waals surface area contributed by atoms with Crippen LogP contribution in [0, 0.1) is 5.92 Å². The molecule has 0 radical (unpaired) electrons. The number of nitrogens with one attached hydrogen (secondary N) is 1. The monoisotopic (exact) mass is 627 g/mol. The van der Waals surface area contributed by atoms with Gasteiger partial charge in [0.1, 0.15) is 23.1 Å². The number of amides is 2. The van der Waals surface area contributed by atoms with Crippen molar-refractivity contribution >= 4 is 30.2 Å². The van der Waals surface area contributed by atoms with Gasteiger partial charge in [0.05, 0.1) is 11.7 Å². The van der Waals surface area contributed by atoms with Crippen LogP contribution in [0.2, 0.25) is 0 Å². The van der Waals surface area contributed by atoms with Crippen LogP contribution in [0.15, 0.2) is 48.5 Å². The summed E-state index contributed by atoms with van der Waals surface area (Å²) in [5.74, 6) is 0.0609. The number of carbonyl (C=O) groups excluding carboxylic acids is 2. The molecule has 9 nitrogen and oxygen atoms in total. The van der Waals surface area contributed by atoms with Crippen LogP contribution in [-0.2, 0) is 9.59 Å². The van der Waals surface area contributed by atoms with Crippen LogP contribution in [0.5, 0.6) is 11.5 Å². The van der Waals surface area contributed by atoms with Crippen molar-refractivity contribution in [3.63, 3.8) is 0 Å². The highest BCUT2D eigenvalue weighted by atomic mass is 35.5. The van der Waals surface area contributed by atoms with Crippen molar-refractivity contribution < 1.29 is 29.3 Å². The molecule has 2 heterocycles. The Hall–Kier alpha value is -3.14. The number of carboxylic acid groups (broad SMARTS) is 1. The van der Waals surface area contributed by atoms with Gasteiger partial charge in [-0.15, -0.1) is 12.4 Å². The van der Waals surface area contributed by atoms with Crippen LogP contribution in [-0.4, -0.2) is 75.1 Å². The number of rotatable bonds is 10. The zero-order valence-corrected chi connectivity index (χ0v) is 26.6. The maximum absolute atomic E-state index is 13.9. The highest BCUT2D eigenvalue weighted by Gasteiger charge is 2.55. The molecule has 1 aliphatic carbocycles. The molecule has 1 spiro atoms. The van der Waals surface area contributed by atoms with Gasteiger partial charge in [-0.2, -0.15) is 0 Å². The molecular weight excluding hydrogens is 582 g/mol. The molecule has 0 aromatic heterocycles. The van der Waals surface area contributed by atoms with Gasteiger partial charge in [-0.05, 0) is 86.9 Å². The second-order valence-electron chi connectivity index (χ2n) is 12.4. The second-order valence-corrected chi connectivity index (χ2v) is 12.4. The van der Waals surface area contributed by atoms with Crippen molar-refractivity contribution in [3.05, 3.63) is 59.7 Å². The number of piperazine rings is 1. The third-order valence-corrected chi connectivity index (χ3v) is 9.84. The molecule has 10 heteroatoms. The van der Waals surface area contributed by atoms with Crippen LogP contribution in [0.25, 0.3) is 0 Å². The first kappa shape index (κ1) is 33.7. The van der Waals surface area contributed by atoms with Gasteiger partial charge in [0.2, 0.25) is 11.8 Å². The molecule has 3 N–H and O–H groups in total. The highest BCUT2D eigenvalue weighted by molar-refractivity contribution is 6.00. The number of likely N-dealkylation sites (tertiary alicyclic amines) is 1. The van der Waals surface area contributed by atoms with Crippen LogP contribution in [0.1, 0.15) is 93.6 Å². The van der Waals surface area contributed by atoms with Gasteiger partial charge in [0.25, 0.3) is 0 Å². The predicted octanol–water partition coefficient (Wildman–Crippen LogP) is 5.56. The molecule has 44 heavy (non-hydrogen) atoms. The first-order valence-corrected chi connectivity index (χ1v) is 15.9. The molecule has 2 saturated heterocycles. The Morgan fingerprint density at radius 1 is 1.00 bits per heavy atom. The average Bonchev–Trinajstić information content (AvgIpc) is 3.03. The van der Waals surface area contributed by atoms with Crippen molar-refractivity contribution in [1.29, 1.82) is 0 Å². The topological polar surface area (TPSA) is 119 Å². The van der Waals surface area contributed by atoms with Gasteiger partial charge >= 0.3 is 5.97 Å². The number of aromatic carboxylic acids is 1. The largest absolute Gasteiger partial charge is 0.478 e. The molecular formula is C34H46ClN3O6. The number of aliphatic hydroxyl groups excluding tert-OH is 1. The fourth-order valence-electron chi connectivity index (χ4n) is 7.06. The summed E-state index contributed by atoms with van der Waals surface area (Å²) in [6, 6.07) is 13.4. The second kappa shape index (κ2) is 14.8. The summed E-state index contributed by atoms with van der Waals surface area (Å²) < 4.78 is 5.89. The minimum absolute atomic E-state index is 0. The number of aliphatic hydroxyl groups is 1. The molecule has 2 aromatic carbocycles. The lowest BCUT2D eigenvalue weighted by molar-refractivity contribution is -0.166. The maximum Gasteiger partial charge on any atom is 0.335 e. The molecule has 1 saturated carbocycles. The lowest BCUT2D eigenvalue weighted by atomic mass is 9.77. The molecule has 2 amide bonds. The fourth-order valence-corrected chi connectivity index (χ4v) is 7.06. The molecule has 0 unspecified atom stereocenters. The van der Waals surface area contributed by atoms with E-state index >= 15 is 0 Å². The van der Waals surface area contributed by atoms with Crippen LogP contribution in [0.4, 0.5) is 0 Å². The zero-order valence-electron chi connectivity index (χ0n) is 25.7. The summed E-state index contributed by atoms with van der Waals surface area (Å²) in [5, 5.41) is 23.3. The van der Waals surface area contributed by atoms with E-state index < -0.39 is 23.7 Å². The summed E-state index contributed by atoms with van der Waals surface area (Å²) in [4.78, 5) is 42.9. The van der Waals surface area contributed by atoms with Gasteiger partial charge in [-0.1, -0.05) is 44.7 Å². The molecule has 3 aliphatic rings. The van der Waals surface area contributed by atoms with Gasteiger partial charge < -0.3 is 25.2 Å². The van der Waals surface area contributed by atoms with E-state index in [1.54, 1.807) is 12.1 Å². The summed E-state index contributed by atoms with van der Waals surface area (Å²) in [7, 11) is 0. The normalized spacial score (nSPS) is 22.2. The van der Waals surface area contributed by atoms with E-state index in [0.29, 0.717) is 44.0 Å². The highest BCUT2D eigenvalue weighted by Crippen LogP contribution is 2.38. The average molecular weight is 628 g/mol. The first-order chi connectivity index (χ1) is 20.7. The Morgan fingerprint density at radius 2 is 1.59 bits per heavy atom. The lowest BCUT2D eigenvalue weighted by Gasteiger charge is -2.53. The zero-order chi connectivity index (χ0) is 30.6. The third kappa shape index (κ3) is 7.05. The summed E-state index contributed by atoms with van der Waals surface area (Å²) in [6.45, 7) is 6.12. The van der Waals surface area contributed by atoms with Crippen molar-refractivity contribution in [1.82, 2.24) is 15.1 Å². The minimum Gasteiger partial charge on any atom is -0.478 e. The van der Waals surface area contributed by atoms with Gasteiger partial charge in [-0.25, -0.2) is 4.79 Å². The van der Waals surface area contributed by atoms with Crippen molar-refractivity contribution in [3.8, 4) is 11.5 Å². The van der Waals surface area contributed by atoms with E-state index in [1.807, 2.05) is 29.2 Å².